The first kappa shape index (κ1) is 13.4. The third kappa shape index (κ3) is 3.26. The number of nitrogens with two attached hydrogens (primary N) is 1. The quantitative estimate of drug-likeness (QED) is 0.651. The zero-order valence-corrected chi connectivity index (χ0v) is 10.9. The highest BCUT2D eigenvalue weighted by molar-refractivity contribution is 5.93. The Morgan fingerprint density at radius 3 is 2.63 bits per heavy atom. The molecule has 1 aliphatic rings. The van der Waals surface area contributed by atoms with E-state index in [-0.39, 0.29) is 11.7 Å². The number of benzene rings is 1. The predicted octanol–water partition coefficient (Wildman–Crippen LogP) is 2.60. The molecule has 5 heteroatoms. The molecule has 0 aromatic heterocycles. The van der Waals surface area contributed by atoms with Crippen LogP contribution in [-0.4, -0.2) is 16.7 Å². The summed E-state index contributed by atoms with van der Waals surface area (Å²) in [7, 11) is 0. The predicted molar refractivity (Wildman–Crippen MR) is 75.2 cm³/mol. The average Bonchev–Trinajstić information content (AvgIpc) is 2.88. The molecule has 1 aromatic carbocycles. The Morgan fingerprint density at radius 1 is 1.42 bits per heavy atom. The summed E-state index contributed by atoms with van der Waals surface area (Å²) in [6, 6.07) is 6.40. The van der Waals surface area contributed by atoms with Gasteiger partial charge in [-0.1, -0.05) is 25.1 Å². The number of non-ortho nitro benzene ring substituents is 1. The zero-order valence-electron chi connectivity index (χ0n) is 10.9. The normalized spacial score (nSPS) is 15.9. The second-order valence-electron chi connectivity index (χ2n) is 4.59. The molecule has 1 atom stereocenters. The van der Waals surface area contributed by atoms with Crippen LogP contribution in [0.5, 0.6) is 0 Å². The highest BCUT2D eigenvalue weighted by atomic mass is 16.6. The minimum atomic E-state index is -0.401. The number of rotatable bonds is 5. The molecule has 100 valence electrons. The lowest BCUT2D eigenvalue weighted by atomic mass is 10.0. The van der Waals surface area contributed by atoms with E-state index in [0.717, 1.165) is 29.8 Å². The monoisotopic (exact) mass is 259 g/mol. The fourth-order valence-corrected chi connectivity index (χ4v) is 2.08. The number of nitro groups is 1. The molecule has 2 rings (SSSR count). The van der Waals surface area contributed by atoms with Gasteiger partial charge in [-0.3, -0.25) is 15.1 Å². The second-order valence-corrected chi connectivity index (χ2v) is 4.59. The third-order valence-electron chi connectivity index (χ3n) is 3.23. The van der Waals surface area contributed by atoms with Crippen molar-refractivity contribution in [2.24, 2.45) is 10.7 Å². The number of nitro benzene ring substituents is 1. The van der Waals surface area contributed by atoms with E-state index < -0.39 is 4.92 Å². The molecule has 0 spiro atoms. The Hall–Kier alpha value is -2.01. The highest BCUT2D eigenvalue weighted by Gasteiger charge is 2.16. The van der Waals surface area contributed by atoms with Crippen molar-refractivity contribution in [3.63, 3.8) is 0 Å². The molecule has 0 unspecified atom stereocenters. The minimum absolute atomic E-state index is 0.102. The fraction of sp³-hybridized carbons (Fsp3) is 0.357. The summed E-state index contributed by atoms with van der Waals surface area (Å²) in [4.78, 5) is 14.7. The van der Waals surface area contributed by atoms with Gasteiger partial charge in [0.25, 0.3) is 5.69 Å². The van der Waals surface area contributed by atoms with E-state index in [0.29, 0.717) is 6.42 Å². The Morgan fingerprint density at radius 2 is 2.11 bits per heavy atom. The lowest BCUT2D eigenvalue weighted by Gasteiger charge is -2.11. The van der Waals surface area contributed by atoms with E-state index >= 15 is 0 Å². The molecule has 1 aromatic rings. The van der Waals surface area contributed by atoms with Gasteiger partial charge in [0, 0.05) is 36.0 Å². The van der Waals surface area contributed by atoms with Crippen LogP contribution in [0.2, 0.25) is 0 Å². The maximum absolute atomic E-state index is 10.6. The highest BCUT2D eigenvalue weighted by Crippen LogP contribution is 2.18. The summed E-state index contributed by atoms with van der Waals surface area (Å²) in [5, 5.41) is 10.6. The number of allylic oxidation sites excluding steroid dienone is 2. The average molecular weight is 259 g/mol. The molecule has 0 aliphatic carbocycles. The number of hydrogen-bond donors (Lipinski definition) is 1. The summed E-state index contributed by atoms with van der Waals surface area (Å²) in [5.41, 5.74) is 9.31. The van der Waals surface area contributed by atoms with Gasteiger partial charge in [0.1, 0.15) is 0 Å². The van der Waals surface area contributed by atoms with Gasteiger partial charge in [-0.15, -0.1) is 0 Å². The second kappa shape index (κ2) is 5.75. The van der Waals surface area contributed by atoms with E-state index in [1.54, 1.807) is 12.1 Å². The van der Waals surface area contributed by atoms with E-state index in [1.165, 1.54) is 12.1 Å². The zero-order chi connectivity index (χ0) is 13.8. The molecular weight excluding hydrogens is 242 g/mol. The van der Waals surface area contributed by atoms with Crippen molar-refractivity contribution in [1.82, 2.24) is 0 Å². The van der Waals surface area contributed by atoms with E-state index in [9.17, 15) is 10.1 Å². The van der Waals surface area contributed by atoms with Crippen molar-refractivity contribution in [1.29, 1.82) is 0 Å². The topological polar surface area (TPSA) is 81.5 Å². The molecule has 1 heterocycles. The molecule has 0 saturated heterocycles. The van der Waals surface area contributed by atoms with Crippen LogP contribution in [-0.2, 0) is 6.42 Å². The van der Waals surface area contributed by atoms with E-state index in [4.69, 9.17) is 5.73 Å². The van der Waals surface area contributed by atoms with Crippen LogP contribution in [0, 0.1) is 10.1 Å². The molecule has 0 saturated carbocycles. The first-order chi connectivity index (χ1) is 9.10. The lowest BCUT2D eigenvalue weighted by molar-refractivity contribution is -0.384. The van der Waals surface area contributed by atoms with Gasteiger partial charge < -0.3 is 5.73 Å². The van der Waals surface area contributed by atoms with Crippen molar-refractivity contribution in [3.8, 4) is 0 Å². The molecule has 0 radical (unpaired) electrons. The van der Waals surface area contributed by atoms with Gasteiger partial charge in [0.05, 0.1) is 4.92 Å². The van der Waals surface area contributed by atoms with Crippen LogP contribution < -0.4 is 5.73 Å². The standard InChI is InChI=1S/C14H17N3O2/c1-2-11-5-8-14(16-11)13(15)9-10-3-6-12(7-4-10)17(18)19/h3-7,13H,2,8-9,15H2,1H3/t13-/m0/s1. The van der Waals surface area contributed by atoms with Crippen LogP contribution >= 0.6 is 0 Å². The number of nitrogens with zero attached hydrogens (tertiary/aromatic N) is 2. The first-order valence-electron chi connectivity index (χ1n) is 6.35. The van der Waals surface area contributed by atoms with Gasteiger partial charge in [-0.25, -0.2) is 0 Å². The van der Waals surface area contributed by atoms with E-state index in [2.05, 4.69) is 18.0 Å². The third-order valence-corrected chi connectivity index (χ3v) is 3.23. The Kier molecular flexibility index (Phi) is 4.06. The van der Waals surface area contributed by atoms with Gasteiger partial charge in [-0.2, -0.15) is 0 Å². The molecule has 0 fully saturated rings. The lowest BCUT2D eigenvalue weighted by Crippen LogP contribution is -2.31. The van der Waals surface area contributed by atoms with Crippen LogP contribution in [0.4, 0.5) is 5.69 Å². The summed E-state index contributed by atoms with van der Waals surface area (Å²) >= 11 is 0. The van der Waals surface area contributed by atoms with Crippen molar-refractivity contribution in [3.05, 3.63) is 51.7 Å². The molecule has 1 aliphatic heterocycles. The van der Waals surface area contributed by atoms with Gasteiger partial charge in [-0.05, 0) is 18.4 Å². The molecular formula is C14H17N3O2. The van der Waals surface area contributed by atoms with Gasteiger partial charge >= 0.3 is 0 Å². The van der Waals surface area contributed by atoms with Crippen LogP contribution in [0.1, 0.15) is 25.3 Å². The summed E-state index contributed by atoms with van der Waals surface area (Å²) in [6.07, 6.45) is 4.50. The number of aliphatic imine (C=N–C) groups is 1. The fourth-order valence-electron chi connectivity index (χ4n) is 2.08. The maximum atomic E-state index is 10.6. The van der Waals surface area contributed by atoms with Gasteiger partial charge in [0.2, 0.25) is 0 Å². The summed E-state index contributed by atoms with van der Waals surface area (Å²) in [5.74, 6) is 0. The molecule has 19 heavy (non-hydrogen) atoms. The van der Waals surface area contributed by atoms with Crippen LogP contribution in [0.3, 0.4) is 0 Å². The van der Waals surface area contributed by atoms with E-state index in [1.807, 2.05) is 0 Å². The summed E-state index contributed by atoms with van der Waals surface area (Å²) < 4.78 is 0. The van der Waals surface area contributed by atoms with Crippen molar-refractivity contribution < 1.29 is 4.92 Å². The minimum Gasteiger partial charge on any atom is -0.323 e. The SMILES string of the molecule is CCC1=CCC([C@@H](N)Cc2ccc([N+](=O)[O-])cc2)=N1. The molecule has 5 nitrogen and oxygen atoms in total. The Bertz CT molecular complexity index is 532. The Balaban J connectivity index is 2.00. The van der Waals surface area contributed by atoms with Crippen molar-refractivity contribution in [2.45, 2.75) is 32.2 Å². The summed E-state index contributed by atoms with van der Waals surface area (Å²) in [6.45, 7) is 2.07. The number of hydrogen-bond acceptors (Lipinski definition) is 4. The maximum Gasteiger partial charge on any atom is 0.269 e. The van der Waals surface area contributed by atoms with Gasteiger partial charge in [0.15, 0.2) is 0 Å². The van der Waals surface area contributed by atoms with Crippen molar-refractivity contribution in [2.75, 3.05) is 0 Å². The molecule has 2 N–H and O–H groups in total. The Labute approximate surface area is 112 Å². The van der Waals surface area contributed by atoms with Crippen LogP contribution in [0.15, 0.2) is 41.0 Å². The first-order valence-corrected chi connectivity index (χ1v) is 6.35. The molecule has 0 amide bonds. The smallest absolute Gasteiger partial charge is 0.269 e. The largest absolute Gasteiger partial charge is 0.323 e. The molecule has 0 bridgehead atoms. The van der Waals surface area contributed by atoms with Crippen LogP contribution in [0.25, 0.3) is 0 Å². The van der Waals surface area contributed by atoms with Crippen molar-refractivity contribution >= 4 is 11.4 Å².